The van der Waals surface area contributed by atoms with Crippen molar-refractivity contribution in [1.29, 1.82) is 0 Å². The molecule has 0 atom stereocenters. The van der Waals surface area contributed by atoms with Gasteiger partial charge < -0.3 is 11.5 Å². The van der Waals surface area contributed by atoms with Gasteiger partial charge in [-0.3, -0.25) is 4.79 Å². The number of aromatic nitrogens is 3. The molecule has 2 rings (SSSR count). The van der Waals surface area contributed by atoms with Crippen molar-refractivity contribution in [3.8, 4) is 5.82 Å². The van der Waals surface area contributed by atoms with E-state index in [1.807, 2.05) is 6.92 Å². The highest BCUT2D eigenvalue weighted by molar-refractivity contribution is 7.80. The molecule has 2 aromatic heterocycles. The molecule has 6 nitrogen and oxygen atoms in total. The highest BCUT2D eigenvalue weighted by Gasteiger charge is 2.13. The first-order chi connectivity index (χ1) is 8.50. The first-order valence-corrected chi connectivity index (χ1v) is 5.52. The molecule has 0 aliphatic rings. The minimum Gasteiger partial charge on any atom is -0.389 e. The third-order valence-electron chi connectivity index (χ3n) is 2.47. The standard InChI is InChI=1S/C11H11N5OS/c1-6-2-3-14-11(8(6)10(13)18)16-5-7(4-15-16)9(12)17/h2-5H,1H3,(H2,12,17)(H2,13,18). The van der Waals surface area contributed by atoms with Gasteiger partial charge in [-0.2, -0.15) is 5.10 Å². The van der Waals surface area contributed by atoms with E-state index in [4.69, 9.17) is 23.7 Å². The first kappa shape index (κ1) is 12.2. The van der Waals surface area contributed by atoms with Gasteiger partial charge in [-0.1, -0.05) is 12.2 Å². The minimum absolute atomic E-state index is 0.228. The number of thiocarbonyl (C=S) groups is 1. The Morgan fingerprint density at radius 2 is 2.17 bits per heavy atom. The predicted octanol–water partition coefficient (Wildman–Crippen LogP) is 0.309. The fraction of sp³-hybridized carbons (Fsp3) is 0.0909. The molecule has 0 fully saturated rings. The van der Waals surface area contributed by atoms with Crippen molar-refractivity contribution in [2.45, 2.75) is 6.92 Å². The van der Waals surface area contributed by atoms with E-state index in [2.05, 4.69) is 10.1 Å². The Balaban J connectivity index is 2.59. The molecule has 92 valence electrons. The van der Waals surface area contributed by atoms with Crippen molar-refractivity contribution in [3.63, 3.8) is 0 Å². The smallest absolute Gasteiger partial charge is 0.251 e. The summed E-state index contributed by atoms with van der Waals surface area (Å²) in [5.74, 6) is -0.0687. The lowest BCUT2D eigenvalue weighted by Gasteiger charge is -2.09. The summed E-state index contributed by atoms with van der Waals surface area (Å²) in [5.41, 5.74) is 12.7. The largest absolute Gasteiger partial charge is 0.389 e. The van der Waals surface area contributed by atoms with Crippen LogP contribution >= 0.6 is 12.2 Å². The molecule has 0 saturated heterocycles. The maximum atomic E-state index is 11.0. The molecule has 0 radical (unpaired) electrons. The SMILES string of the molecule is Cc1ccnc(-n2cc(C(N)=O)cn2)c1C(N)=S. The lowest BCUT2D eigenvalue weighted by atomic mass is 10.1. The number of rotatable bonds is 3. The molecule has 2 aromatic rings. The molecule has 1 amide bonds. The molecule has 2 heterocycles. The van der Waals surface area contributed by atoms with Gasteiger partial charge in [-0.15, -0.1) is 0 Å². The quantitative estimate of drug-likeness (QED) is 0.774. The van der Waals surface area contributed by atoms with Crippen molar-refractivity contribution in [3.05, 3.63) is 41.3 Å². The van der Waals surface area contributed by atoms with Crippen LogP contribution in [-0.2, 0) is 0 Å². The fourth-order valence-corrected chi connectivity index (χ4v) is 1.84. The van der Waals surface area contributed by atoms with Crippen molar-refractivity contribution in [2.75, 3.05) is 0 Å². The molecule has 0 aromatic carbocycles. The summed E-state index contributed by atoms with van der Waals surface area (Å²) in [5, 5.41) is 4.03. The summed E-state index contributed by atoms with van der Waals surface area (Å²) in [4.78, 5) is 15.4. The van der Waals surface area contributed by atoms with Crippen LogP contribution in [0.5, 0.6) is 0 Å². The average molecular weight is 261 g/mol. The van der Waals surface area contributed by atoms with Crippen LogP contribution in [0, 0.1) is 6.92 Å². The van der Waals surface area contributed by atoms with Gasteiger partial charge in [-0.05, 0) is 18.6 Å². The van der Waals surface area contributed by atoms with Gasteiger partial charge in [0.1, 0.15) is 4.99 Å². The van der Waals surface area contributed by atoms with Crippen LogP contribution in [-0.4, -0.2) is 25.7 Å². The molecular formula is C11H11N5OS. The Morgan fingerprint density at radius 1 is 1.44 bits per heavy atom. The van der Waals surface area contributed by atoms with Crippen molar-refractivity contribution in [1.82, 2.24) is 14.8 Å². The van der Waals surface area contributed by atoms with Gasteiger partial charge in [0.25, 0.3) is 5.91 Å². The number of amides is 1. The summed E-state index contributed by atoms with van der Waals surface area (Å²) >= 11 is 5.00. The maximum absolute atomic E-state index is 11.0. The monoisotopic (exact) mass is 261 g/mol. The van der Waals surface area contributed by atoms with E-state index < -0.39 is 5.91 Å². The number of aryl methyl sites for hydroxylation is 1. The zero-order valence-electron chi connectivity index (χ0n) is 9.62. The maximum Gasteiger partial charge on any atom is 0.251 e. The van der Waals surface area contributed by atoms with Crippen LogP contribution < -0.4 is 11.5 Å². The van der Waals surface area contributed by atoms with E-state index in [9.17, 15) is 4.79 Å². The minimum atomic E-state index is -0.550. The van der Waals surface area contributed by atoms with E-state index in [0.717, 1.165) is 5.56 Å². The molecule has 0 aliphatic carbocycles. The number of nitrogens with zero attached hydrogens (tertiary/aromatic N) is 3. The van der Waals surface area contributed by atoms with Crippen molar-refractivity contribution in [2.24, 2.45) is 11.5 Å². The van der Waals surface area contributed by atoms with Gasteiger partial charge in [0.2, 0.25) is 0 Å². The molecule has 0 unspecified atom stereocenters. The summed E-state index contributed by atoms with van der Waals surface area (Å²) in [6.07, 6.45) is 4.49. The normalized spacial score (nSPS) is 10.3. The van der Waals surface area contributed by atoms with E-state index in [-0.39, 0.29) is 4.99 Å². The highest BCUT2D eigenvalue weighted by atomic mass is 32.1. The zero-order chi connectivity index (χ0) is 13.3. The van der Waals surface area contributed by atoms with Gasteiger partial charge in [0.15, 0.2) is 5.82 Å². The van der Waals surface area contributed by atoms with Crippen LogP contribution in [0.1, 0.15) is 21.5 Å². The third kappa shape index (κ3) is 2.07. The van der Waals surface area contributed by atoms with Gasteiger partial charge >= 0.3 is 0 Å². The van der Waals surface area contributed by atoms with E-state index in [1.54, 1.807) is 12.3 Å². The van der Waals surface area contributed by atoms with Crippen LogP contribution in [0.3, 0.4) is 0 Å². The van der Waals surface area contributed by atoms with E-state index in [1.165, 1.54) is 17.1 Å². The Bertz CT molecular complexity index is 634. The summed E-state index contributed by atoms with van der Waals surface area (Å²) in [6.45, 7) is 1.87. The van der Waals surface area contributed by atoms with Gasteiger partial charge in [0, 0.05) is 12.4 Å². The highest BCUT2D eigenvalue weighted by Crippen LogP contribution is 2.15. The molecule has 0 saturated carbocycles. The van der Waals surface area contributed by atoms with Gasteiger partial charge in [-0.25, -0.2) is 9.67 Å². The Kier molecular flexibility index (Phi) is 3.07. The number of carbonyl (C=O) groups is 1. The third-order valence-corrected chi connectivity index (χ3v) is 2.67. The van der Waals surface area contributed by atoms with Gasteiger partial charge in [0.05, 0.1) is 17.3 Å². The topological polar surface area (TPSA) is 99.8 Å². The molecule has 0 spiro atoms. The van der Waals surface area contributed by atoms with Crippen molar-refractivity contribution >= 4 is 23.1 Å². The number of carbonyl (C=O) groups excluding carboxylic acids is 1. The van der Waals surface area contributed by atoms with E-state index >= 15 is 0 Å². The average Bonchev–Trinajstić information content (AvgIpc) is 2.77. The lowest BCUT2D eigenvalue weighted by molar-refractivity contribution is 0.100. The molecule has 0 aliphatic heterocycles. The number of nitrogens with two attached hydrogens (primary N) is 2. The number of hydrogen-bond donors (Lipinski definition) is 2. The van der Waals surface area contributed by atoms with Crippen LogP contribution in [0.2, 0.25) is 0 Å². The van der Waals surface area contributed by atoms with Crippen LogP contribution in [0.4, 0.5) is 0 Å². The lowest BCUT2D eigenvalue weighted by Crippen LogP contribution is -2.17. The predicted molar refractivity (Wildman–Crippen MR) is 70.5 cm³/mol. The Labute approximate surface area is 109 Å². The van der Waals surface area contributed by atoms with Crippen molar-refractivity contribution < 1.29 is 4.79 Å². The van der Waals surface area contributed by atoms with Crippen LogP contribution in [0.25, 0.3) is 5.82 Å². The summed E-state index contributed by atoms with van der Waals surface area (Å²) in [7, 11) is 0. The summed E-state index contributed by atoms with van der Waals surface area (Å²) in [6, 6.07) is 1.80. The first-order valence-electron chi connectivity index (χ1n) is 5.11. The second-order valence-electron chi connectivity index (χ2n) is 3.73. The second-order valence-corrected chi connectivity index (χ2v) is 4.17. The molecule has 4 N–H and O–H groups in total. The Morgan fingerprint density at radius 3 is 2.72 bits per heavy atom. The summed E-state index contributed by atoms with van der Waals surface area (Å²) < 4.78 is 1.43. The van der Waals surface area contributed by atoms with Crippen LogP contribution in [0.15, 0.2) is 24.7 Å². The molecular weight excluding hydrogens is 250 g/mol. The second kappa shape index (κ2) is 4.53. The number of hydrogen-bond acceptors (Lipinski definition) is 4. The Hall–Kier alpha value is -2.28. The number of pyridine rings is 1. The molecule has 7 heteroatoms. The fourth-order valence-electron chi connectivity index (χ4n) is 1.59. The molecule has 18 heavy (non-hydrogen) atoms. The number of primary amides is 1. The molecule has 0 bridgehead atoms. The van der Waals surface area contributed by atoms with E-state index in [0.29, 0.717) is 16.9 Å². The zero-order valence-corrected chi connectivity index (χ0v) is 10.4.